The third kappa shape index (κ3) is 5.99. The fourth-order valence-electron chi connectivity index (χ4n) is 3.56. The molecule has 182 valence electrons. The number of allylic oxidation sites excluding steroid dienone is 1. The first-order chi connectivity index (χ1) is 16.7. The third-order valence-electron chi connectivity index (χ3n) is 5.32. The highest BCUT2D eigenvalue weighted by Crippen LogP contribution is 2.42. The standard InChI is InChI=1S/C24H21BrClN3O5S/c1-12-4-6-14(9-17(12)26)28-19(30)11-35-23-15(10-27)20(21(22(31)29-23)24(32)34-3)13-5-7-18(33-2)16(25)8-13/h4-9,20-21H,11H2,1-3H3,(H,28,30)(H,29,31)/t20-,21+/m0/s1. The van der Waals surface area contributed by atoms with Gasteiger partial charge in [0.2, 0.25) is 11.8 Å². The van der Waals surface area contributed by atoms with Crippen LogP contribution in [0.3, 0.4) is 0 Å². The molecule has 2 aromatic rings. The maximum Gasteiger partial charge on any atom is 0.319 e. The van der Waals surface area contributed by atoms with Crippen LogP contribution in [0, 0.1) is 24.2 Å². The number of nitrogens with one attached hydrogen (secondary N) is 2. The Morgan fingerprint density at radius 1 is 1.26 bits per heavy atom. The number of methoxy groups -OCH3 is 2. The van der Waals surface area contributed by atoms with E-state index in [1.165, 1.54) is 14.2 Å². The van der Waals surface area contributed by atoms with E-state index in [0.29, 0.717) is 26.5 Å². The molecular weight excluding hydrogens is 558 g/mol. The van der Waals surface area contributed by atoms with Gasteiger partial charge in [-0.05, 0) is 58.2 Å². The molecule has 0 radical (unpaired) electrons. The van der Waals surface area contributed by atoms with Crippen molar-refractivity contribution in [1.82, 2.24) is 5.32 Å². The van der Waals surface area contributed by atoms with Gasteiger partial charge in [-0.25, -0.2) is 0 Å². The molecule has 0 bridgehead atoms. The Labute approximate surface area is 220 Å². The van der Waals surface area contributed by atoms with E-state index in [1.807, 2.05) is 6.92 Å². The molecule has 1 heterocycles. The second kappa shape index (κ2) is 11.6. The van der Waals surface area contributed by atoms with Gasteiger partial charge in [-0.15, -0.1) is 0 Å². The smallest absolute Gasteiger partial charge is 0.319 e. The highest BCUT2D eigenvalue weighted by molar-refractivity contribution is 9.10. The number of thioether (sulfide) groups is 1. The summed E-state index contributed by atoms with van der Waals surface area (Å²) in [6, 6.07) is 12.3. The van der Waals surface area contributed by atoms with Crippen molar-refractivity contribution in [3.63, 3.8) is 0 Å². The number of ether oxygens (including phenoxy) is 2. The molecule has 0 saturated heterocycles. The molecule has 0 saturated carbocycles. The van der Waals surface area contributed by atoms with Crippen molar-refractivity contribution in [3.8, 4) is 11.8 Å². The van der Waals surface area contributed by atoms with E-state index in [-0.39, 0.29) is 22.3 Å². The van der Waals surface area contributed by atoms with Gasteiger partial charge in [-0.2, -0.15) is 5.26 Å². The highest BCUT2D eigenvalue weighted by Gasteiger charge is 2.44. The first-order valence-corrected chi connectivity index (χ1v) is 12.4. The summed E-state index contributed by atoms with van der Waals surface area (Å²) in [7, 11) is 2.69. The van der Waals surface area contributed by atoms with E-state index in [1.54, 1.807) is 36.4 Å². The SMILES string of the molecule is COC(=O)[C@H]1C(=O)NC(SCC(=O)Nc2ccc(C)c(Cl)c2)=C(C#N)[C@@H]1c1ccc(OC)c(Br)c1. The van der Waals surface area contributed by atoms with Gasteiger partial charge >= 0.3 is 5.97 Å². The summed E-state index contributed by atoms with van der Waals surface area (Å²) in [4.78, 5) is 38.0. The molecule has 35 heavy (non-hydrogen) atoms. The summed E-state index contributed by atoms with van der Waals surface area (Å²) < 4.78 is 10.7. The van der Waals surface area contributed by atoms with Crippen LogP contribution in [-0.4, -0.2) is 37.8 Å². The van der Waals surface area contributed by atoms with Gasteiger partial charge in [0.05, 0.1) is 41.1 Å². The number of hydrogen-bond acceptors (Lipinski definition) is 7. The number of nitriles is 1. The number of aryl methyl sites for hydroxylation is 1. The van der Waals surface area contributed by atoms with Gasteiger partial charge < -0.3 is 20.1 Å². The monoisotopic (exact) mass is 577 g/mol. The van der Waals surface area contributed by atoms with Crippen molar-refractivity contribution in [2.75, 3.05) is 25.3 Å². The number of benzene rings is 2. The third-order valence-corrected chi connectivity index (χ3v) is 7.37. The number of nitrogens with zero attached hydrogens (tertiary/aromatic N) is 1. The number of halogens is 2. The summed E-state index contributed by atoms with van der Waals surface area (Å²) in [6.45, 7) is 1.85. The lowest BCUT2D eigenvalue weighted by molar-refractivity contribution is -0.150. The van der Waals surface area contributed by atoms with Crippen LogP contribution in [0.15, 0.2) is 51.5 Å². The molecule has 0 aliphatic carbocycles. The zero-order chi connectivity index (χ0) is 25.7. The molecule has 0 spiro atoms. The van der Waals surface area contributed by atoms with Crippen LogP contribution in [0.5, 0.6) is 5.75 Å². The summed E-state index contributed by atoms with van der Waals surface area (Å²) in [5.74, 6) is -3.48. The van der Waals surface area contributed by atoms with E-state index in [2.05, 4.69) is 32.6 Å². The summed E-state index contributed by atoms with van der Waals surface area (Å²) >= 11 is 10.5. The van der Waals surface area contributed by atoms with Crippen molar-refractivity contribution in [2.24, 2.45) is 5.92 Å². The number of carbonyl (C=O) groups is 3. The summed E-state index contributed by atoms with van der Waals surface area (Å²) in [5.41, 5.74) is 2.09. The predicted molar refractivity (Wildman–Crippen MR) is 137 cm³/mol. The number of hydrogen-bond donors (Lipinski definition) is 2. The fourth-order valence-corrected chi connectivity index (χ4v) is 5.15. The number of amides is 2. The number of rotatable bonds is 7. The molecule has 3 rings (SSSR count). The Morgan fingerprint density at radius 2 is 2.00 bits per heavy atom. The van der Waals surface area contributed by atoms with Crippen molar-refractivity contribution < 1.29 is 23.9 Å². The van der Waals surface area contributed by atoms with E-state index in [9.17, 15) is 19.6 Å². The number of anilines is 1. The maximum atomic E-state index is 12.9. The molecule has 8 nitrogen and oxygen atoms in total. The van der Waals surface area contributed by atoms with Crippen LogP contribution < -0.4 is 15.4 Å². The molecule has 2 amide bonds. The first-order valence-electron chi connectivity index (χ1n) is 10.2. The first kappa shape index (κ1) is 26.6. The number of carbonyl (C=O) groups excluding carboxylic acids is 3. The molecule has 1 aliphatic rings. The fraction of sp³-hybridized carbons (Fsp3) is 0.250. The second-order valence-electron chi connectivity index (χ2n) is 7.52. The van der Waals surface area contributed by atoms with Crippen LogP contribution in [0.1, 0.15) is 17.0 Å². The largest absolute Gasteiger partial charge is 0.496 e. The van der Waals surface area contributed by atoms with Crippen molar-refractivity contribution in [2.45, 2.75) is 12.8 Å². The molecule has 0 aromatic heterocycles. The average molecular weight is 579 g/mol. The minimum atomic E-state index is -1.28. The Bertz CT molecular complexity index is 1260. The lowest BCUT2D eigenvalue weighted by atomic mass is 9.78. The normalized spacial score (nSPS) is 17.3. The topological polar surface area (TPSA) is 118 Å². The van der Waals surface area contributed by atoms with Gasteiger partial charge in [0.25, 0.3) is 0 Å². The molecule has 2 aromatic carbocycles. The summed E-state index contributed by atoms with van der Waals surface area (Å²) in [6.07, 6.45) is 0. The maximum absolute atomic E-state index is 12.9. The lowest BCUT2D eigenvalue weighted by Crippen LogP contribution is -2.44. The van der Waals surface area contributed by atoms with Crippen LogP contribution in [0.2, 0.25) is 5.02 Å². The Balaban J connectivity index is 1.91. The molecule has 11 heteroatoms. The molecule has 1 aliphatic heterocycles. The van der Waals surface area contributed by atoms with Crippen LogP contribution in [-0.2, 0) is 19.1 Å². The van der Waals surface area contributed by atoms with Gasteiger partial charge in [-0.1, -0.05) is 35.5 Å². The van der Waals surface area contributed by atoms with Crippen molar-refractivity contribution >= 4 is 62.8 Å². The van der Waals surface area contributed by atoms with Gasteiger partial charge in [-0.3, -0.25) is 14.4 Å². The molecule has 0 unspecified atom stereocenters. The lowest BCUT2D eigenvalue weighted by Gasteiger charge is -2.31. The van der Waals surface area contributed by atoms with Crippen LogP contribution >= 0.6 is 39.3 Å². The Morgan fingerprint density at radius 3 is 2.60 bits per heavy atom. The predicted octanol–water partition coefficient (Wildman–Crippen LogP) is 4.53. The van der Waals surface area contributed by atoms with Gasteiger partial charge in [0, 0.05) is 16.6 Å². The zero-order valence-corrected chi connectivity index (χ0v) is 22.1. The second-order valence-corrected chi connectivity index (χ2v) is 9.76. The zero-order valence-electron chi connectivity index (χ0n) is 19.0. The van der Waals surface area contributed by atoms with Gasteiger partial charge in [0.15, 0.2) is 0 Å². The Kier molecular flexibility index (Phi) is 8.83. The van der Waals surface area contributed by atoms with E-state index >= 15 is 0 Å². The summed E-state index contributed by atoms with van der Waals surface area (Å²) in [5, 5.41) is 16.1. The molecule has 0 fully saturated rings. The minimum Gasteiger partial charge on any atom is -0.496 e. The number of esters is 1. The Hall–Kier alpha value is -3.00. The van der Waals surface area contributed by atoms with Crippen LogP contribution in [0.4, 0.5) is 5.69 Å². The van der Waals surface area contributed by atoms with Gasteiger partial charge in [0.1, 0.15) is 11.7 Å². The van der Waals surface area contributed by atoms with E-state index < -0.39 is 23.7 Å². The highest BCUT2D eigenvalue weighted by atomic mass is 79.9. The van der Waals surface area contributed by atoms with E-state index in [4.69, 9.17) is 21.1 Å². The van der Waals surface area contributed by atoms with E-state index in [0.717, 1.165) is 17.3 Å². The van der Waals surface area contributed by atoms with Crippen molar-refractivity contribution in [1.29, 1.82) is 5.26 Å². The molecule has 2 N–H and O–H groups in total. The quantitative estimate of drug-likeness (QED) is 0.366. The molecular formula is C24H21BrClN3O5S. The average Bonchev–Trinajstić information content (AvgIpc) is 2.84. The van der Waals surface area contributed by atoms with Crippen LogP contribution in [0.25, 0.3) is 0 Å². The van der Waals surface area contributed by atoms with Crippen molar-refractivity contribution in [3.05, 3.63) is 67.6 Å². The minimum absolute atomic E-state index is 0.0891. The molecule has 2 atom stereocenters.